The van der Waals surface area contributed by atoms with Crippen LogP contribution in [-0.4, -0.2) is 86.2 Å². The number of rotatable bonds is 6. The predicted molar refractivity (Wildman–Crippen MR) is 149 cm³/mol. The standard InChI is InChI=1S/C29H33F2N7O2/c1-34-12-14-36(15-13-34)26-7-2-21(16-25(26)31)18-35-10-8-29(40,9-11-35)19-37-20-32-27-24(28(37)39)17-33-38(27)23-5-3-22(30)4-6-23/h2-7,16-17,20,40H,8-15,18-19H2,1H3. The number of aliphatic hydroxyl groups is 1. The highest BCUT2D eigenvalue weighted by Gasteiger charge is 2.33. The molecule has 2 saturated heterocycles. The number of halogens is 2. The molecule has 2 aromatic carbocycles. The number of aromatic nitrogens is 4. The normalized spacial score (nSPS) is 18.4. The fourth-order valence-electron chi connectivity index (χ4n) is 5.65. The van der Waals surface area contributed by atoms with E-state index in [9.17, 15) is 18.7 Å². The number of anilines is 1. The van der Waals surface area contributed by atoms with Crippen molar-refractivity contribution in [2.45, 2.75) is 31.5 Å². The first-order valence-electron chi connectivity index (χ1n) is 13.6. The highest BCUT2D eigenvalue weighted by atomic mass is 19.1. The molecule has 0 atom stereocenters. The van der Waals surface area contributed by atoms with Crippen molar-refractivity contribution >= 4 is 16.7 Å². The van der Waals surface area contributed by atoms with E-state index >= 15 is 0 Å². The van der Waals surface area contributed by atoms with Crippen molar-refractivity contribution in [1.82, 2.24) is 29.1 Å². The molecule has 1 N–H and O–H groups in total. The maximum Gasteiger partial charge on any atom is 0.264 e. The minimum atomic E-state index is -1.06. The van der Waals surface area contributed by atoms with Crippen molar-refractivity contribution in [2.75, 3.05) is 51.2 Å². The van der Waals surface area contributed by atoms with Gasteiger partial charge in [0.05, 0.1) is 29.7 Å². The Hall–Kier alpha value is -3.67. The van der Waals surface area contributed by atoms with Crippen molar-refractivity contribution in [1.29, 1.82) is 0 Å². The summed E-state index contributed by atoms with van der Waals surface area (Å²) in [6, 6.07) is 11.3. The Morgan fingerprint density at radius 3 is 2.40 bits per heavy atom. The Bertz CT molecular complexity index is 1550. The first-order valence-corrected chi connectivity index (χ1v) is 13.6. The fourth-order valence-corrected chi connectivity index (χ4v) is 5.65. The van der Waals surface area contributed by atoms with Gasteiger partial charge in [-0.2, -0.15) is 5.10 Å². The molecule has 2 aliphatic rings. The zero-order chi connectivity index (χ0) is 27.9. The molecular weight excluding hydrogens is 516 g/mol. The molecule has 0 amide bonds. The summed E-state index contributed by atoms with van der Waals surface area (Å²) < 4.78 is 31.2. The van der Waals surface area contributed by atoms with Crippen LogP contribution in [0.15, 0.2) is 59.8 Å². The van der Waals surface area contributed by atoms with Crippen LogP contribution in [0.4, 0.5) is 14.5 Å². The number of piperazine rings is 1. The monoisotopic (exact) mass is 549 g/mol. The van der Waals surface area contributed by atoms with Crippen LogP contribution in [0.3, 0.4) is 0 Å². The van der Waals surface area contributed by atoms with Gasteiger partial charge in [-0.1, -0.05) is 6.07 Å². The molecule has 0 bridgehead atoms. The van der Waals surface area contributed by atoms with E-state index in [1.54, 1.807) is 18.2 Å². The molecule has 0 spiro atoms. The van der Waals surface area contributed by atoms with E-state index < -0.39 is 5.60 Å². The topological polar surface area (TPSA) is 82.7 Å². The van der Waals surface area contributed by atoms with Gasteiger partial charge < -0.3 is 14.9 Å². The third-order valence-corrected chi connectivity index (χ3v) is 8.14. The van der Waals surface area contributed by atoms with Crippen molar-refractivity contribution < 1.29 is 13.9 Å². The van der Waals surface area contributed by atoms with Crippen LogP contribution < -0.4 is 10.5 Å². The molecule has 0 aliphatic carbocycles. The Morgan fingerprint density at radius 1 is 0.975 bits per heavy atom. The van der Waals surface area contributed by atoms with Gasteiger partial charge in [0.1, 0.15) is 23.3 Å². The minimum absolute atomic E-state index is 0.124. The van der Waals surface area contributed by atoms with E-state index in [1.807, 2.05) is 12.1 Å². The summed E-state index contributed by atoms with van der Waals surface area (Å²) in [5, 5.41) is 15.9. The van der Waals surface area contributed by atoms with E-state index in [2.05, 4.69) is 31.8 Å². The minimum Gasteiger partial charge on any atom is -0.388 e. The summed E-state index contributed by atoms with van der Waals surface area (Å²) >= 11 is 0. The second kappa shape index (κ2) is 10.7. The number of piperidine rings is 1. The fraction of sp³-hybridized carbons (Fsp3) is 0.414. The molecule has 4 heterocycles. The van der Waals surface area contributed by atoms with Gasteiger partial charge in [0.2, 0.25) is 0 Å². The van der Waals surface area contributed by atoms with Gasteiger partial charge in [0.15, 0.2) is 5.65 Å². The van der Waals surface area contributed by atoms with Crippen LogP contribution in [0.2, 0.25) is 0 Å². The molecule has 210 valence electrons. The van der Waals surface area contributed by atoms with Gasteiger partial charge in [-0.25, -0.2) is 18.4 Å². The molecule has 40 heavy (non-hydrogen) atoms. The molecule has 2 aliphatic heterocycles. The largest absolute Gasteiger partial charge is 0.388 e. The van der Waals surface area contributed by atoms with Crippen molar-refractivity contribution in [2.24, 2.45) is 0 Å². The highest BCUT2D eigenvalue weighted by molar-refractivity contribution is 5.74. The molecule has 0 unspecified atom stereocenters. The first-order chi connectivity index (χ1) is 19.3. The lowest BCUT2D eigenvalue weighted by molar-refractivity contribution is -0.0365. The molecule has 0 radical (unpaired) electrons. The van der Waals surface area contributed by atoms with Crippen molar-refractivity contribution in [3.8, 4) is 5.69 Å². The van der Waals surface area contributed by atoms with Crippen LogP contribution in [0.25, 0.3) is 16.7 Å². The molecule has 11 heteroatoms. The van der Waals surface area contributed by atoms with Crippen molar-refractivity contribution in [3.05, 3.63) is 82.5 Å². The van der Waals surface area contributed by atoms with Gasteiger partial charge in [0, 0.05) is 45.8 Å². The van der Waals surface area contributed by atoms with Crippen LogP contribution in [0.1, 0.15) is 18.4 Å². The number of likely N-dealkylation sites (tertiary alicyclic amines) is 1. The number of hydrogen-bond acceptors (Lipinski definition) is 7. The molecule has 4 aromatic rings. The highest BCUT2D eigenvalue weighted by Crippen LogP contribution is 2.27. The number of fused-ring (bicyclic) bond motifs is 1. The van der Waals surface area contributed by atoms with Crippen LogP contribution in [0.5, 0.6) is 0 Å². The average molecular weight is 550 g/mol. The summed E-state index contributed by atoms with van der Waals surface area (Å²) in [7, 11) is 2.08. The molecular formula is C29H33F2N7O2. The zero-order valence-corrected chi connectivity index (χ0v) is 22.5. The molecule has 2 aromatic heterocycles. The Morgan fingerprint density at radius 2 is 1.70 bits per heavy atom. The van der Waals surface area contributed by atoms with E-state index in [4.69, 9.17) is 0 Å². The number of hydrogen-bond donors (Lipinski definition) is 1. The Balaban J connectivity index is 1.09. The Labute approximate surface area is 230 Å². The quantitative estimate of drug-likeness (QED) is 0.396. The summed E-state index contributed by atoms with van der Waals surface area (Å²) in [5.74, 6) is -0.554. The van der Waals surface area contributed by atoms with E-state index in [1.165, 1.54) is 33.9 Å². The lowest BCUT2D eigenvalue weighted by Gasteiger charge is -2.38. The summed E-state index contributed by atoms with van der Waals surface area (Å²) in [6.07, 6.45) is 3.84. The number of benzene rings is 2. The van der Waals surface area contributed by atoms with E-state index in [0.717, 1.165) is 31.7 Å². The third kappa shape index (κ3) is 5.36. The number of likely N-dealkylation sites (N-methyl/N-ethyl adjacent to an activating group) is 1. The smallest absolute Gasteiger partial charge is 0.264 e. The summed E-state index contributed by atoms with van der Waals surface area (Å²) in [5.41, 5.74) is 1.19. The second-order valence-electron chi connectivity index (χ2n) is 11.0. The van der Waals surface area contributed by atoms with E-state index in [-0.39, 0.29) is 23.7 Å². The van der Waals surface area contributed by atoms with E-state index in [0.29, 0.717) is 54.9 Å². The van der Waals surface area contributed by atoms with Crippen LogP contribution in [-0.2, 0) is 13.1 Å². The van der Waals surface area contributed by atoms with Gasteiger partial charge in [-0.3, -0.25) is 14.3 Å². The third-order valence-electron chi connectivity index (χ3n) is 8.14. The lowest BCUT2D eigenvalue weighted by atomic mass is 9.91. The maximum atomic E-state index is 14.9. The maximum absolute atomic E-state index is 14.9. The van der Waals surface area contributed by atoms with Gasteiger partial charge in [-0.15, -0.1) is 0 Å². The van der Waals surface area contributed by atoms with Crippen LogP contribution >= 0.6 is 0 Å². The van der Waals surface area contributed by atoms with Crippen LogP contribution in [0, 0.1) is 11.6 Å². The average Bonchev–Trinajstić information content (AvgIpc) is 3.38. The van der Waals surface area contributed by atoms with Gasteiger partial charge in [-0.05, 0) is 61.9 Å². The predicted octanol–water partition coefficient (Wildman–Crippen LogP) is 2.64. The van der Waals surface area contributed by atoms with Crippen molar-refractivity contribution in [3.63, 3.8) is 0 Å². The molecule has 2 fully saturated rings. The second-order valence-corrected chi connectivity index (χ2v) is 11.0. The van der Waals surface area contributed by atoms with Gasteiger partial charge in [0.25, 0.3) is 5.56 Å². The Kier molecular flexibility index (Phi) is 7.11. The molecule has 0 saturated carbocycles. The molecule has 9 nitrogen and oxygen atoms in total. The molecule has 6 rings (SSSR count). The number of nitrogens with zero attached hydrogens (tertiary/aromatic N) is 7. The SMILES string of the molecule is CN1CCN(c2ccc(CN3CCC(O)(Cn4cnc5c(cnn5-c5ccc(F)cc5)c4=O)CC3)cc2F)CC1. The van der Waals surface area contributed by atoms with Gasteiger partial charge >= 0.3 is 0 Å². The lowest BCUT2D eigenvalue weighted by Crippen LogP contribution is -2.47. The summed E-state index contributed by atoms with van der Waals surface area (Å²) in [4.78, 5) is 24.2. The zero-order valence-electron chi connectivity index (χ0n) is 22.5. The summed E-state index contributed by atoms with van der Waals surface area (Å²) in [6.45, 7) is 5.47. The first kappa shape index (κ1) is 26.5.